The number of hydrogen-bond acceptors (Lipinski definition) is 3. The Hall–Kier alpha value is -0.400. The van der Waals surface area contributed by atoms with E-state index in [1.165, 1.54) is 0 Å². The number of alkyl halides is 4. The molecule has 1 aliphatic rings. The molecule has 2 atom stereocenters. The molecule has 1 N–H and O–H groups in total. The van der Waals surface area contributed by atoms with Crippen molar-refractivity contribution < 1.29 is 27.0 Å². The van der Waals surface area contributed by atoms with E-state index in [-0.39, 0.29) is 18.8 Å². The second-order valence-corrected chi connectivity index (χ2v) is 5.04. The normalized spacial score (nSPS) is 21.6. The fraction of sp³-hybridized carbons (Fsp3) is 1.00. The molecule has 0 aromatic carbocycles. The maximum atomic E-state index is 12.7. The van der Waals surface area contributed by atoms with Crippen molar-refractivity contribution in [2.24, 2.45) is 0 Å². The largest absolute Gasteiger partial charge is 0.378 e. The third-order valence-electron chi connectivity index (χ3n) is 3.29. The first-order valence-corrected chi connectivity index (χ1v) is 7.04. The van der Waals surface area contributed by atoms with Crippen molar-refractivity contribution in [2.75, 3.05) is 26.4 Å². The molecule has 20 heavy (non-hydrogen) atoms. The lowest BCUT2D eigenvalue weighted by Gasteiger charge is -2.21. The van der Waals surface area contributed by atoms with Gasteiger partial charge >= 0.3 is 12.3 Å². The quantitative estimate of drug-likeness (QED) is 0.629. The van der Waals surface area contributed by atoms with Crippen LogP contribution in [0, 0.1) is 0 Å². The first kappa shape index (κ1) is 17.7. The summed E-state index contributed by atoms with van der Waals surface area (Å²) in [5.41, 5.74) is 0. The van der Waals surface area contributed by atoms with E-state index in [0.717, 1.165) is 32.3 Å². The minimum atomic E-state index is -4.08. The number of rotatable bonds is 10. The maximum Gasteiger partial charge on any atom is 0.330 e. The Bertz CT molecular complexity index is 261. The molecule has 0 bridgehead atoms. The molecule has 0 radical (unpaired) electrons. The number of likely N-dealkylation sites (N-methyl/N-ethyl adjacent to an activating group) is 1. The summed E-state index contributed by atoms with van der Waals surface area (Å²) in [6, 6.07) is -0.113. The highest BCUT2D eigenvalue weighted by Gasteiger charge is 2.41. The van der Waals surface area contributed by atoms with Crippen molar-refractivity contribution in [2.45, 2.75) is 57.1 Å². The number of hydrogen-bond donors (Lipinski definition) is 1. The zero-order valence-corrected chi connectivity index (χ0v) is 11.7. The van der Waals surface area contributed by atoms with Crippen molar-refractivity contribution >= 4 is 0 Å². The molecule has 0 spiro atoms. The van der Waals surface area contributed by atoms with Crippen molar-refractivity contribution in [3.8, 4) is 0 Å². The fourth-order valence-corrected chi connectivity index (χ4v) is 2.19. The van der Waals surface area contributed by atoms with Gasteiger partial charge in [0, 0.05) is 12.6 Å². The van der Waals surface area contributed by atoms with Gasteiger partial charge in [-0.2, -0.15) is 8.78 Å². The van der Waals surface area contributed by atoms with Crippen molar-refractivity contribution in [1.82, 2.24) is 5.32 Å². The van der Waals surface area contributed by atoms with Crippen LogP contribution in [0.2, 0.25) is 0 Å². The summed E-state index contributed by atoms with van der Waals surface area (Å²) < 4.78 is 59.6. The molecule has 1 rings (SSSR count). The van der Waals surface area contributed by atoms with Crippen LogP contribution in [-0.4, -0.2) is 50.9 Å². The second kappa shape index (κ2) is 8.79. The first-order chi connectivity index (χ1) is 9.45. The Morgan fingerprint density at radius 2 is 2.15 bits per heavy atom. The fourth-order valence-electron chi connectivity index (χ4n) is 2.19. The molecule has 120 valence electrons. The summed E-state index contributed by atoms with van der Waals surface area (Å²) in [5.74, 6) is -4.08. The van der Waals surface area contributed by atoms with Gasteiger partial charge in [-0.1, -0.05) is 6.92 Å². The Kier molecular flexibility index (Phi) is 7.76. The van der Waals surface area contributed by atoms with Gasteiger partial charge in [-0.15, -0.1) is 0 Å². The molecule has 1 aliphatic heterocycles. The highest BCUT2D eigenvalue weighted by Crippen LogP contribution is 2.23. The van der Waals surface area contributed by atoms with Gasteiger partial charge in [-0.3, -0.25) is 0 Å². The molecular formula is C13H23F4NO2. The van der Waals surface area contributed by atoms with E-state index in [1.807, 2.05) is 6.92 Å². The van der Waals surface area contributed by atoms with E-state index in [0.29, 0.717) is 6.54 Å². The summed E-state index contributed by atoms with van der Waals surface area (Å²) in [4.78, 5) is 0. The van der Waals surface area contributed by atoms with Gasteiger partial charge in [0.2, 0.25) is 0 Å². The van der Waals surface area contributed by atoms with Crippen LogP contribution < -0.4 is 5.32 Å². The SMILES string of the molecule is CCNC(CCC1CCCO1)COCC(F)(F)C(F)F. The zero-order chi connectivity index (χ0) is 15.0. The molecule has 2 unspecified atom stereocenters. The Balaban J connectivity index is 2.23. The average Bonchev–Trinajstić information content (AvgIpc) is 2.88. The molecule has 0 saturated carbocycles. The first-order valence-electron chi connectivity index (χ1n) is 7.04. The smallest absolute Gasteiger partial charge is 0.330 e. The molecular weight excluding hydrogens is 278 g/mol. The van der Waals surface area contributed by atoms with Gasteiger partial charge in [0.05, 0.1) is 12.7 Å². The van der Waals surface area contributed by atoms with Crippen molar-refractivity contribution in [3.63, 3.8) is 0 Å². The van der Waals surface area contributed by atoms with E-state index in [4.69, 9.17) is 9.47 Å². The van der Waals surface area contributed by atoms with E-state index < -0.39 is 19.0 Å². The molecule has 7 heteroatoms. The van der Waals surface area contributed by atoms with Crippen LogP contribution in [0.25, 0.3) is 0 Å². The lowest BCUT2D eigenvalue weighted by Crippen LogP contribution is -2.38. The van der Waals surface area contributed by atoms with Gasteiger partial charge in [0.15, 0.2) is 0 Å². The topological polar surface area (TPSA) is 30.5 Å². The molecule has 1 fully saturated rings. The summed E-state index contributed by atoms with van der Waals surface area (Å²) >= 11 is 0. The van der Waals surface area contributed by atoms with E-state index in [9.17, 15) is 17.6 Å². The third-order valence-corrected chi connectivity index (χ3v) is 3.29. The van der Waals surface area contributed by atoms with Gasteiger partial charge in [0.25, 0.3) is 0 Å². The zero-order valence-electron chi connectivity index (χ0n) is 11.7. The van der Waals surface area contributed by atoms with E-state index in [2.05, 4.69) is 5.32 Å². The lowest BCUT2D eigenvalue weighted by atomic mass is 10.1. The minimum absolute atomic E-state index is 0.00285. The van der Waals surface area contributed by atoms with Crippen LogP contribution in [0.5, 0.6) is 0 Å². The van der Waals surface area contributed by atoms with Gasteiger partial charge < -0.3 is 14.8 Å². The molecule has 0 aromatic rings. The molecule has 3 nitrogen and oxygen atoms in total. The average molecular weight is 301 g/mol. The molecule has 0 aliphatic carbocycles. The number of nitrogens with one attached hydrogen (secondary N) is 1. The Labute approximate surface area is 117 Å². The summed E-state index contributed by atoms with van der Waals surface area (Å²) in [5, 5.41) is 3.11. The van der Waals surface area contributed by atoms with Gasteiger partial charge in [-0.25, -0.2) is 8.78 Å². The monoisotopic (exact) mass is 301 g/mol. The van der Waals surface area contributed by atoms with Crippen molar-refractivity contribution in [3.05, 3.63) is 0 Å². The van der Waals surface area contributed by atoms with Crippen LogP contribution in [0.3, 0.4) is 0 Å². The predicted molar refractivity (Wildman–Crippen MR) is 67.4 cm³/mol. The van der Waals surface area contributed by atoms with Crippen LogP contribution >= 0.6 is 0 Å². The third kappa shape index (κ3) is 6.37. The van der Waals surface area contributed by atoms with Crippen LogP contribution in [0.4, 0.5) is 17.6 Å². The highest BCUT2D eigenvalue weighted by molar-refractivity contribution is 4.73. The van der Waals surface area contributed by atoms with Crippen LogP contribution in [0.15, 0.2) is 0 Å². The summed E-state index contributed by atoms with van der Waals surface area (Å²) in [7, 11) is 0. The predicted octanol–water partition coefficient (Wildman–Crippen LogP) is 2.84. The lowest BCUT2D eigenvalue weighted by molar-refractivity contribution is -0.167. The van der Waals surface area contributed by atoms with Crippen LogP contribution in [0.1, 0.15) is 32.6 Å². The Morgan fingerprint density at radius 1 is 1.40 bits per heavy atom. The Morgan fingerprint density at radius 3 is 2.70 bits per heavy atom. The van der Waals surface area contributed by atoms with E-state index >= 15 is 0 Å². The standard InChI is InChI=1S/C13H23F4NO2/c1-2-18-10(5-6-11-4-3-7-20-11)8-19-9-13(16,17)12(14)15/h10-12,18H,2-9H2,1H3. The summed E-state index contributed by atoms with van der Waals surface area (Å²) in [6.07, 6.45) is 0.146. The number of ether oxygens (including phenoxy) is 2. The maximum absolute atomic E-state index is 12.7. The van der Waals surface area contributed by atoms with Crippen LogP contribution in [-0.2, 0) is 9.47 Å². The summed E-state index contributed by atoms with van der Waals surface area (Å²) in [6.45, 7) is 2.10. The molecule has 0 amide bonds. The minimum Gasteiger partial charge on any atom is -0.378 e. The van der Waals surface area contributed by atoms with Gasteiger partial charge in [0.1, 0.15) is 6.61 Å². The van der Waals surface area contributed by atoms with Gasteiger partial charge in [-0.05, 0) is 32.2 Å². The second-order valence-electron chi connectivity index (χ2n) is 5.04. The number of halogens is 4. The molecule has 0 aromatic heterocycles. The van der Waals surface area contributed by atoms with Crippen molar-refractivity contribution in [1.29, 1.82) is 0 Å². The molecule has 1 saturated heterocycles. The van der Waals surface area contributed by atoms with E-state index in [1.54, 1.807) is 0 Å². The molecule has 1 heterocycles. The highest BCUT2D eigenvalue weighted by atomic mass is 19.3.